The molecule has 3 rings (SSSR count). The first-order valence-electron chi connectivity index (χ1n) is 7.45. The fraction of sp³-hybridized carbons (Fsp3) is 0. The van der Waals surface area contributed by atoms with E-state index in [1.54, 1.807) is 36.4 Å². The third-order valence-corrected chi connectivity index (χ3v) is 5.36. The summed E-state index contributed by atoms with van der Waals surface area (Å²) in [5.74, 6) is -1.04. The molecule has 0 aliphatic carbocycles. The maximum absolute atomic E-state index is 12.6. The highest BCUT2D eigenvalue weighted by molar-refractivity contribution is 9.10. The van der Waals surface area contributed by atoms with Crippen molar-refractivity contribution >= 4 is 67.8 Å². The molecule has 0 aromatic heterocycles. The highest BCUT2D eigenvalue weighted by Gasteiger charge is 2.34. The van der Waals surface area contributed by atoms with Crippen molar-refractivity contribution in [3.05, 3.63) is 79.2 Å². The Balaban J connectivity index is 1.82. The van der Waals surface area contributed by atoms with Crippen molar-refractivity contribution in [1.29, 1.82) is 0 Å². The molecule has 2 aromatic rings. The van der Waals surface area contributed by atoms with Crippen LogP contribution in [0.4, 0.5) is 5.69 Å². The second-order valence-corrected chi connectivity index (χ2v) is 7.87. The summed E-state index contributed by atoms with van der Waals surface area (Å²) < 4.78 is 0.951. The molecule has 27 heavy (non-hydrogen) atoms. The van der Waals surface area contributed by atoms with Crippen LogP contribution in [0.1, 0.15) is 15.9 Å². The molecule has 7 nitrogen and oxygen atoms in total. The SMILES string of the molecule is O=C(NN1C(=O)/C(=C/c2ccccc2[N+](=O)[O-])SC1=S)c1ccc(Br)cc1. The van der Waals surface area contributed by atoms with Gasteiger partial charge < -0.3 is 0 Å². The Labute approximate surface area is 171 Å². The quantitative estimate of drug-likeness (QED) is 0.319. The van der Waals surface area contributed by atoms with E-state index in [0.29, 0.717) is 5.56 Å². The zero-order valence-corrected chi connectivity index (χ0v) is 16.6. The standard InChI is InChI=1S/C17H10BrN3O4S2/c18-12-7-5-10(6-8-12)15(22)19-20-16(23)14(27-17(20)26)9-11-3-1-2-4-13(11)21(24)25/h1-9H,(H,19,22)/b14-9-. The summed E-state index contributed by atoms with van der Waals surface area (Å²) in [6, 6.07) is 12.7. The van der Waals surface area contributed by atoms with Crippen LogP contribution in [-0.2, 0) is 4.79 Å². The first-order valence-corrected chi connectivity index (χ1v) is 9.46. The molecular formula is C17H10BrN3O4S2. The van der Waals surface area contributed by atoms with Gasteiger partial charge in [-0.05, 0) is 48.6 Å². The van der Waals surface area contributed by atoms with E-state index in [0.717, 1.165) is 21.2 Å². The van der Waals surface area contributed by atoms with Crippen molar-refractivity contribution < 1.29 is 14.5 Å². The maximum atomic E-state index is 12.6. The van der Waals surface area contributed by atoms with Crippen LogP contribution in [0.3, 0.4) is 0 Å². The Kier molecular flexibility index (Phi) is 5.68. The van der Waals surface area contributed by atoms with E-state index in [1.165, 1.54) is 18.2 Å². The number of hydrogen-bond acceptors (Lipinski definition) is 6. The lowest BCUT2D eigenvalue weighted by Gasteiger charge is -2.15. The van der Waals surface area contributed by atoms with Gasteiger partial charge in [0.05, 0.1) is 15.4 Å². The molecule has 1 aliphatic rings. The molecule has 1 heterocycles. The number of halogens is 1. The Morgan fingerprint density at radius 3 is 2.56 bits per heavy atom. The van der Waals surface area contributed by atoms with Gasteiger partial charge in [0.2, 0.25) is 0 Å². The van der Waals surface area contributed by atoms with Crippen LogP contribution in [0.25, 0.3) is 6.08 Å². The maximum Gasteiger partial charge on any atom is 0.285 e. The predicted molar refractivity (Wildman–Crippen MR) is 110 cm³/mol. The average Bonchev–Trinajstić information content (AvgIpc) is 2.90. The number of para-hydroxylation sites is 1. The molecule has 10 heteroatoms. The molecule has 0 bridgehead atoms. The van der Waals surface area contributed by atoms with E-state index in [2.05, 4.69) is 21.4 Å². The number of carbonyl (C=O) groups excluding carboxylic acids is 2. The van der Waals surface area contributed by atoms with Crippen LogP contribution < -0.4 is 5.43 Å². The van der Waals surface area contributed by atoms with Crippen molar-refractivity contribution in [1.82, 2.24) is 10.4 Å². The number of hydrazine groups is 1. The number of nitrogens with one attached hydrogen (secondary N) is 1. The smallest absolute Gasteiger partial charge is 0.267 e. The van der Waals surface area contributed by atoms with Gasteiger partial charge in [0.1, 0.15) is 0 Å². The van der Waals surface area contributed by atoms with E-state index in [9.17, 15) is 19.7 Å². The Morgan fingerprint density at radius 1 is 1.22 bits per heavy atom. The summed E-state index contributed by atoms with van der Waals surface area (Å²) in [6.07, 6.45) is 1.39. The van der Waals surface area contributed by atoms with Gasteiger partial charge in [0, 0.05) is 16.1 Å². The number of amides is 2. The Morgan fingerprint density at radius 2 is 1.89 bits per heavy atom. The topological polar surface area (TPSA) is 92.6 Å². The van der Waals surface area contributed by atoms with E-state index in [-0.39, 0.29) is 20.5 Å². The highest BCUT2D eigenvalue weighted by Crippen LogP contribution is 2.33. The molecule has 0 spiro atoms. The van der Waals surface area contributed by atoms with Crippen molar-refractivity contribution in [3.63, 3.8) is 0 Å². The van der Waals surface area contributed by atoms with Crippen LogP contribution in [0, 0.1) is 10.1 Å². The monoisotopic (exact) mass is 463 g/mol. The fourth-order valence-corrected chi connectivity index (χ4v) is 3.68. The third-order valence-electron chi connectivity index (χ3n) is 3.53. The molecule has 0 radical (unpaired) electrons. The normalized spacial score (nSPS) is 15.3. The lowest BCUT2D eigenvalue weighted by molar-refractivity contribution is -0.385. The Bertz CT molecular complexity index is 992. The summed E-state index contributed by atoms with van der Waals surface area (Å²) >= 11 is 9.40. The van der Waals surface area contributed by atoms with Gasteiger partial charge in [-0.25, -0.2) is 0 Å². The van der Waals surface area contributed by atoms with Crippen molar-refractivity contribution in [3.8, 4) is 0 Å². The van der Waals surface area contributed by atoms with Gasteiger partial charge in [-0.15, -0.1) is 0 Å². The summed E-state index contributed by atoms with van der Waals surface area (Å²) in [6.45, 7) is 0. The Hall–Kier alpha value is -2.56. The van der Waals surface area contributed by atoms with Crippen LogP contribution in [-0.4, -0.2) is 26.1 Å². The summed E-state index contributed by atoms with van der Waals surface area (Å²) in [7, 11) is 0. The predicted octanol–water partition coefficient (Wildman–Crippen LogP) is 3.90. The molecule has 1 fully saturated rings. The van der Waals surface area contributed by atoms with Gasteiger partial charge in [-0.1, -0.05) is 39.8 Å². The number of nitro benzene ring substituents is 1. The first-order chi connectivity index (χ1) is 12.9. The number of nitrogens with zero attached hydrogens (tertiary/aromatic N) is 2. The van der Waals surface area contributed by atoms with E-state index >= 15 is 0 Å². The lowest BCUT2D eigenvalue weighted by atomic mass is 10.1. The average molecular weight is 464 g/mol. The molecule has 0 unspecified atom stereocenters. The summed E-state index contributed by atoms with van der Waals surface area (Å²) in [4.78, 5) is 35.7. The molecule has 0 atom stereocenters. The van der Waals surface area contributed by atoms with Crippen LogP contribution in [0.2, 0.25) is 0 Å². The number of thioether (sulfide) groups is 1. The van der Waals surface area contributed by atoms with E-state index in [4.69, 9.17) is 12.2 Å². The van der Waals surface area contributed by atoms with Crippen molar-refractivity contribution in [2.75, 3.05) is 0 Å². The minimum absolute atomic E-state index is 0.123. The first kappa shape index (κ1) is 19.2. The number of benzene rings is 2. The van der Waals surface area contributed by atoms with Gasteiger partial charge in [-0.2, -0.15) is 5.01 Å². The number of rotatable bonds is 4. The zero-order valence-electron chi connectivity index (χ0n) is 13.4. The van der Waals surface area contributed by atoms with E-state index in [1.807, 2.05) is 0 Å². The minimum atomic E-state index is -0.548. The summed E-state index contributed by atoms with van der Waals surface area (Å²) in [5, 5.41) is 12.1. The second-order valence-electron chi connectivity index (χ2n) is 5.28. The minimum Gasteiger partial charge on any atom is -0.267 e. The molecule has 136 valence electrons. The zero-order chi connectivity index (χ0) is 19.6. The van der Waals surface area contributed by atoms with Gasteiger partial charge >= 0.3 is 0 Å². The van der Waals surface area contributed by atoms with Gasteiger partial charge in [-0.3, -0.25) is 25.1 Å². The summed E-state index contributed by atoms with van der Waals surface area (Å²) in [5.41, 5.74) is 2.97. The van der Waals surface area contributed by atoms with Gasteiger partial charge in [0.15, 0.2) is 4.32 Å². The molecule has 1 saturated heterocycles. The number of nitro groups is 1. The van der Waals surface area contributed by atoms with Crippen molar-refractivity contribution in [2.45, 2.75) is 0 Å². The fourth-order valence-electron chi connectivity index (χ4n) is 2.25. The largest absolute Gasteiger partial charge is 0.285 e. The number of thiocarbonyl (C=S) groups is 1. The second kappa shape index (κ2) is 7.99. The molecule has 2 aromatic carbocycles. The number of carbonyl (C=O) groups is 2. The lowest BCUT2D eigenvalue weighted by Crippen LogP contribution is -2.44. The van der Waals surface area contributed by atoms with Crippen LogP contribution in [0.5, 0.6) is 0 Å². The van der Waals surface area contributed by atoms with Crippen molar-refractivity contribution in [2.24, 2.45) is 0 Å². The highest BCUT2D eigenvalue weighted by atomic mass is 79.9. The van der Waals surface area contributed by atoms with Crippen LogP contribution >= 0.6 is 39.9 Å². The van der Waals surface area contributed by atoms with E-state index < -0.39 is 16.7 Å². The molecule has 1 aliphatic heterocycles. The molecular weight excluding hydrogens is 454 g/mol. The number of hydrogen-bond donors (Lipinski definition) is 1. The molecule has 1 N–H and O–H groups in total. The van der Waals surface area contributed by atoms with Gasteiger partial charge in [0.25, 0.3) is 17.5 Å². The molecule has 0 saturated carbocycles. The molecule has 2 amide bonds. The van der Waals surface area contributed by atoms with Crippen LogP contribution in [0.15, 0.2) is 57.9 Å². The third kappa shape index (κ3) is 4.24.